The number of nitrogens with zero attached hydrogens (tertiary/aromatic N) is 1. The number of urea groups is 1. The van der Waals surface area contributed by atoms with Crippen LogP contribution in [0.25, 0.3) is 0 Å². The summed E-state index contributed by atoms with van der Waals surface area (Å²) in [6.45, 7) is 5.64. The van der Waals surface area contributed by atoms with E-state index >= 15 is 0 Å². The van der Waals surface area contributed by atoms with Crippen LogP contribution >= 0.6 is 0 Å². The maximum atomic E-state index is 12.7. The Bertz CT molecular complexity index is 633. The lowest BCUT2D eigenvalue weighted by Gasteiger charge is -2.25. The van der Waals surface area contributed by atoms with E-state index in [0.29, 0.717) is 43.5 Å². The summed E-state index contributed by atoms with van der Waals surface area (Å²) in [4.78, 5) is 26.0. The average molecular weight is 320 g/mol. The van der Waals surface area contributed by atoms with Gasteiger partial charge in [-0.05, 0) is 31.5 Å². The molecule has 1 saturated heterocycles. The summed E-state index contributed by atoms with van der Waals surface area (Å²) in [6, 6.07) is 4.88. The number of nitrogens with one attached hydrogen (secondary N) is 1. The van der Waals surface area contributed by atoms with Crippen molar-refractivity contribution in [3.63, 3.8) is 0 Å². The molecule has 3 amide bonds. The van der Waals surface area contributed by atoms with Gasteiger partial charge >= 0.3 is 6.03 Å². The molecule has 0 saturated carbocycles. The molecule has 2 heterocycles. The molecule has 0 aromatic heterocycles. The van der Waals surface area contributed by atoms with Crippen LogP contribution in [0, 0.1) is 0 Å². The average Bonchev–Trinajstić information content (AvgIpc) is 2.78. The van der Waals surface area contributed by atoms with Gasteiger partial charge in [-0.25, -0.2) is 4.79 Å². The number of carbonyl (C=O) groups is 2. The van der Waals surface area contributed by atoms with E-state index in [1.807, 2.05) is 6.92 Å². The van der Waals surface area contributed by atoms with E-state index < -0.39 is 11.6 Å². The van der Waals surface area contributed by atoms with Gasteiger partial charge in [0.2, 0.25) is 0 Å². The summed E-state index contributed by atoms with van der Waals surface area (Å²) in [5, 5.41) is 2.77. The van der Waals surface area contributed by atoms with Gasteiger partial charge in [0.05, 0.1) is 13.2 Å². The fraction of sp³-hybridized carbons (Fsp3) is 0.500. The highest BCUT2D eigenvalue weighted by atomic mass is 16.6. The second kappa shape index (κ2) is 6.08. The van der Waals surface area contributed by atoms with Crippen LogP contribution in [-0.2, 0) is 15.1 Å². The topological polar surface area (TPSA) is 77.1 Å². The number of imide groups is 1. The van der Waals surface area contributed by atoms with Crippen molar-refractivity contribution in [3.05, 3.63) is 23.8 Å². The zero-order valence-electron chi connectivity index (χ0n) is 13.3. The van der Waals surface area contributed by atoms with Crippen LogP contribution in [0.1, 0.15) is 19.4 Å². The van der Waals surface area contributed by atoms with Crippen LogP contribution in [0.15, 0.2) is 18.2 Å². The minimum absolute atomic E-state index is 0.235. The molecule has 23 heavy (non-hydrogen) atoms. The van der Waals surface area contributed by atoms with Crippen LogP contribution < -0.4 is 14.8 Å². The zero-order valence-corrected chi connectivity index (χ0v) is 13.3. The Morgan fingerprint density at radius 1 is 1.26 bits per heavy atom. The largest absolute Gasteiger partial charge is 0.486 e. The molecule has 1 N–H and O–H groups in total. The number of fused-ring (bicyclic) bond motifs is 1. The minimum atomic E-state index is -1.11. The second-order valence-corrected chi connectivity index (χ2v) is 5.57. The summed E-state index contributed by atoms with van der Waals surface area (Å²) in [5.74, 6) is 0.942. The monoisotopic (exact) mass is 320 g/mol. The highest BCUT2D eigenvalue weighted by molar-refractivity contribution is 6.07. The van der Waals surface area contributed by atoms with Crippen molar-refractivity contribution in [2.24, 2.45) is 0 Å². The molecule has 0 radical (unpaired) electrons. The lowest BCUT2D eigenvalue weighted by atomic mass is 9.91. The van der Waals surface area contributed by atoms with Crippen molar-refractivity contribution in [1.29, 1.82) is 0 Å². The van der Waals surface area contributed by atoms with Gasteiger partial charge in [-0.1, -0.05) is 6.07 Å². The fourth-order valence-corrected chi connectivity index (χ4v) is 2.75. The van der Waals surface area contributed by atoms with Crippen molar-refractivity contribution >= 4 is 11.9 Å². The maximum Gasteiger partial charge on any atom is 0.325 e. The molecular weight excluding hydrogens is 300 g/mol. The van der Waals surface area contributed by atoms with Gasteiger partial charge in [0.15, 0.2) is 11.5 Å². The molecular formula is C16H20N2O5. The van der Waals surface area contributed by atoms with Crippen LogP contribution in [-0.4, -0.2) is 49.8 Å². The number of hydrogen-bond donors (Lipinski definition) is 1. The number of ether oxygens (including phenoxy) is 3. The van der Waals surface area contributed by atoms with E-state index in [-0.39, 0.29) is 12.5 Å². The Morgan fingerprint density at radius 2 is 2.00 bits per heavy atom. The van der Waals surface area contributed by atoms with Crippen molar-refractivity contribution in [1.82, 2.24) is 10.2 Å². The fourth-order valence-electron chi connectivity index (χ4n) is 2.75. The van der Waals surface area contributed by atoms with E-state index in [0.717, 1.165) is 0 Å². The van der Waals surface area contributed by atoms with E-state index in [1.165, 1.54) is 4.90 Å². The molecule has 2 aliphatic rings. The molecule has 124 valence electrons. The summed E-state index contributed by atoms with van der Waals surface area (Å²) in [6.07, 6.45) is 0. The van der Waals surface area contributed by atoms with Crippen LogP contribution in [0.4, 0.5) is 4.79 Å². The third kappa shape index (κ3) is 2.72. The van der Waals surface area contributed by atoms with Gasteiger partial charge in [-0.3, -0.25) is 9.69 Å². The summed E-state index contributed by atoms with van der Waals surface area (Å²) in [7, 11) is 0. The van der Waals surface area contributed by atoms with Gasteiger partial charge < -0.3 is 19.5 Å². The zero-order chi connectivity index (χ0) is 16.4. The summed E-state index contributed by atoms with van der Waals surface area (Å²) < 4.78 is 16.3. The standard InChI is InChI=1S/C16H20N2O5/c1-3-21-7-6-18-14(19)16(2,17-15(18)20)11-4-5-12-13(10-11)23-9-8-22-12/h4-5,10H,3,6-9H2,1-2H3,(H,17,20)/t16-/m1/s1. The number of rotatable bonds is 5. The van der Waals surface area contributed by atoms with E-state index in [1.54, 1.807) is 25.1 Å². The van der Waals surface area contributed by atoms with E-state index in [4.69, 9.17) is 14.2 Å². The van der Waals surface area contributed by atoms with Crippen LogP contribution in [0.2, 0.25) is 0 Å². The first kappa shape index (κ1) is 15.6. The SMILES string of the molecule is CCOCCN1C(=O)N[C@](C)(c2ccc3c(c2)OCCO3)C1=O. The van der Waals surface area contributed by atoms with Gasteiger partial charge in [0, 0.05) is 6.61 Å². The van der Waals surface area contributed by atoms with Crippen LogP contribution in [0.5, 0.6) is 11.5 Å². The predicted octanol–water partition coefficient (Wildman–Crippen LogP) is 1.26. The van der Waals surface area contributed by atoms with Gasteiger partial charge in [-0.15, -0.1) is 0 Å². The third-order valence-corrected chi connectivity index (χ3v) is 4.06. The first-order chi connectivity index (χ1) is 11.1. The maximum absolute atomic E-state index is 12.7. The highest BCUT2D eigenvalue weighted by Gasteiger charge is 2.49. The Balaban J connectivity index is 1.84. The Morgan fingerprint density at radius 3 is 2.74 bits per heavy atom. The Labute approximate surface area is 134 Å². The molecule has 2 aliphatic heterocycles. The van der Waals surface area contributed by atoms with Gasteiger partial charge in [0.1, 0.15) is 18.8 Å². The molecule has 0 unspecified atom stereocenters. The first-order valence-corrected chi connectivity index (χ1v) is 7.68. The number of carbonyl (C=O) groups excluding carboxylic acids is 2. The van der Waals surface area contributed by atoms with Gasteiger partial charge in [-0.2, -0.15) is 0 Å². The number of hydrogen-bond acceptors (Lipinski definition) is 5. The van der Waals surface area contributed by atoms with E-state index in [9.17, 15) is 9.59 Å². The molecule has 1 atom stereocenters. The lowest BCUT2D eigenvalue weighted by Crippen LogP contribution is -2.41. The Hall–Kier alpha value is -2.28. The third-order valence-electron chi connectivity index (χ3n) is 4.06. The summed E-state index contributed by atoms with van der Waals surface area (Å²) in [5.41, 5.74) is -0.446. The predicted molar refractivity (Wildman–Crippen MR) is 81.5 cm³/mol. The molecule has 7 nitrogen and oxygen atoms in total. The second-order valence-electron chi connectivity index (χ2n) is 5.57. The highest BCUT2D eigenvalue weighted by Crippen LogP contribution is 2.36. The van der Waals surface area contributed by atoms with Crippen LogP contribution in [0.3, 0.4) is 0 Å². The molecule has 3 rings (SSSR count). The summed E-state index contributed by atoms with van der Waals surface area (Å²) >= 11 is 0. The Kier molecular flexibility index (Phi) is 4.12. The smallest absolute Gasteiger partial charge is 0.325 e. The van der Waals surface area contributed by atoms with Crippen molar-refractivity contribution in [3.8, 4) is 11.5 Å². The quantitative estimate of drug-likeness (QED) is 0.653. The van der Waals surface area contributed by atoms with Crippen molar-refractivity contribution in [2.45, 2.75) is 19.4 Å². The molecule has 0 spiro atoms. The van der Waals surface area contributed by atoms with Gasteiger partial charge in [0.25, 0.3) is 5.91 Å². The number of amides is 3. The molecule has 0 aliphatic carbocycles. The van der Waals surface area contributed by atoms with Crippen molar-refractivity contribution in [2.75, 3.05) is 33.0 Å². The lowest BCUT2D eigenvalue weighted by molar-refractivity contribution is -0.131. The molecule has 7 heteroatoms. The van der Waals surface area contributed by atoms with E-state index in [2.05, 4.69) is 5.32 Å². The molecule has 1 aromatic rings. The normalized spacial score (nSPS) is 23.1. The first-order valence-electron chi connectivity index (χ1n) is 7.68. The molecule has 0 bridgehead atoms. The number of benzene rings is 1. The van der Waals surface area contributed by atoms with Crippen molar-refractivity contribution < 1.29 is 23.8 Å². The molecule has 1 fully saturated rings. The molecule has 1 aromatic carbocycles. The minimum Gasteiger partial charge on any atom is -0.486 e.